The second kappa shape index (κ2) is 7.98. The summed E-state index contributed by atoms with van der Waals surface area (Å²) >= 11 is 6.23. The van der Waals surface area contributed by atoms with Crippen molar-refractivity contribution in [3.05, 3.63) is 100 Å². The van der Waals surface area contributed by atoms with Crippen molar-refractivity contribution in [2.75, 3.05) is 0 Å². The Labute approximate surface area is 174 Å². The van der Waals surface area contributed by atoms with E-state index < -0.39 is 5.97 Å². The number of carboxylic acids is 1. The highest BCUT2D eigenvalue weighted by Gasteiger charge is 2.25. The fourth-order valence-electron chi connectivity index (χ4n) is 3.59. The van der Waals surface area contributed by atoms with Crippen LogP contribution in [0.2, 0.25) is 5.02 Å². The molecule has 3 aromatic carbocycles. The second-order valence-corrected chi connectivity index (χ2v) is 7.35. The molecule has 1 N–H and O–H groups in total. The van der Waals surface area contributed by atoms with Gasteiger partial charge in [-0.2, -0.15) is 0 Å². The monoisotopic (exact) mass is 402 g/mol. The topological polar surface area (TPSA) is 46.5 Å². The number of hydrogen-bond acceptors (Lipinski definition) is 2. The Bertz CT molecular complexity index is 1140. The third kappa shape index (κ3) is 4.10. The lowest BCUT2D eigenvalue weighted by Gasteiger charge is -2.08. The van der Waals surface area contributed by atoms with E-state index in [1.165, 1.54) is 0 Å². The Morgan fingerprint density at radius 2 is 1.72 bits per heavy atom. The first-order chi connectivity index (χ1) is 14.0. The summed E-state index contributed by atoms with van der Waals surface area (Å²) in [4.78, 5) is 11.4. The van der Waals surface area contributed by atoms with Gasteiger partial charge in [-0.05, 0) is 82.8 Å². The first-order valence-electron chi connectivity index (χ1n) is 9.28. The van der Waals surface area contributed by atoms with Crippen LogP contribution in [0.5, 0.6) is 11.5 Å². The number of allylic oxidation sites excluding steroid dienone is 2. The largest absolute Gasteiger partial charge is 0.481 e. The zero-order chi connectivity index (χ0) is 20.4. The SMILES string of the molecule is CC1=C(CC(=O)O)c2ccc(Cl)cc2/C1=C\c1cccc(Oc2ccccc2)c1. The number of halogens is 1. The van der Waals surface area contributed by atoms with Crippen LogP contribution < -0.4 is 4.74 Å². The van der Waals surface area contributed by atoms with Crippen LogP contribution in [0.15, 0.2) is 78.4 Å². The van der Waals surface area contributed by atoms with E-state index in [9.17, 15) is 9.90 Å². The van der Waals surface area contributed by atoms with Gasteiger partial charge in [0.25, 0.3) is 0 Å². The third-order valence-corrected chi connectivity index (χ3v) is 5.16. The van der Waals surface area contributed by atoms with Crippen molar-refractivity contribution in [3.8, 4) is 11.5 Å². The Morgan fingerprint density at radius 1 is 0.966 bits per heavy atom. The van der Waals surface area contributed by atoms with Gasteiger partial charge in [-0.1, -0.05) is 48.0 Å². The average Bonchev–Trinajstić information content (AvgIpc) is 2.94. The van der Waals surface area contributed by atoms with Crippen LogP contribution in [0.3, 0.4) is 0 Å². The number of ether oxygens (including phenoxy) is 1. The summed E-state index contributed by atoms with van der Waals surface area (Å²) in [6.45, 7) is 1.96. The van der Waals surface area contributed by atoms with E-state index in [0.717, 1.165) is 44.9 Å². The molecule has 0 saturated heterocycles. The maximum atomic E-state index is 11.4. The van der Waals surface area contributed by atoms with E-state index >= 15 is 0 Å². The van der Waals surface area contributed by atoms with Crippen molar-refractivity contribution >= 4 is 34.8 Å². The zero-order valence-electron chi connectivity index (χ0n) is 15.9. The predicted molar refractivity (Wildman–Crippen MR) is 117 cm³/mol. The maximum absolute atomic E-state index is 11.4. The van der Waals surface area contributed by atoms with Gasteiger partial charge in [-0.15, -0.1) is 0 Å². The molecule has 1 aliphatic rings. The van der Waals surface area contributed by atoms with Crippen LogP contribution in [0.4, 0.5) is 0 Å². The summed E-state index contributed by atoms with van der Waals surface area (Å²) < 4.78 is 5.93. The van der Waals surface area contributed by atoms with Crippen molar-refractivity contribution in [2.24, 2.45) is 0 Å². The molecule has 0 radical (unpaired) electrons. The Morgan fingerprint density at radius 3 is 2.48 bits per heavy atom. The molecule has 0 saturated carbocycles. The van der Waals surface area contributed by atoms with Crippen molar-refractivity contribution in [3.63, 3.8) is 0 Å². The van der Waals surface area contributed by atoms with Gasteiger partial charge >= 0.3 is 5.97 Å². The predicted octanol–water partition coefficient (Wildman–Crippen LogP) is 6.93. The molecule has 0 aromatic heterocycles. The first kappa shape index (κ1) is 19.0. The molecule has 0 aliphatic heterocycles. The molecule has 3 nitrogen and oxygen atoms in total. The number of aliphatic carboxylic acids is 1. The van der Waals surface area contributed by atoms with Gasteiger partial charge in [0.05, 0.1) is 6.42 Å². The molecule has 3 aromatic rings. The van der Waals surface area contributed by atoms with Crippen LogP contribution in [0.25, 0.3) is 17.2 Å². The summed E-state index contributed by atoms with van der Waals surface area (Å²) in [5, 5.41) is 9.95. The number of rotatable bonds is 5. The maximum Gasteiger partial charge on any atom is 0.307 e. The van der Waals surface area contributed by atoms with Crippen LogP contribution in [-0.2, 0) is 4.79 Å². The van der Waals surface area contributed by atoms with Gasteiger partial charge in [0.1, 0.15) is 11.5 Å². The molecule has 4 heteroatoms. The molecule has 29 heavy (non-hydrogen) atoms. The van der Waals surface area contributed by atoms with E-state index in [-0.39, 0.29) is 6.42 Å². The molecule has 0 bridgehead atoms. The van der Waals surface area contributed by atoms with E-state index in [4.69, 9.17) is 16.3 Å². The highest BCUT2D eigenvalue weighted by atomic mass is 35.5. The molecule has 144 valence electrons. The molecule has 0 fully saturated rings. The Balaban J connectivity index is 1.74. The quantitative estimate of drug-likeness (QED) is 0.503. The van der Waals surface area contributed by atoms with Crippen molar-refractivity contribution in [2.45, 2.75) is 13.3 Å². The molecule has 0 amide bonds. The lowest BCUT2D eigenvalue weighted by atomic mass is 10.0. The van der Waals surface area contributed by atoms with Crippen molar-refractivity contribution in [1.82, 2.24) is 0 Å². The number of carbonyl (C=O) groups is 1. The number of hydrogen-bond donors (Lipinski definition) is 1. The van der Waals surface area contributed by atoms with Gasteiger partial charge in [0, 0.05) is 5.02 Å². The smallest absolute Gasteiger partial charge is 0.307 e. The minimum absolute atomic E-state index is 0.0189. The summed E-state index contributed by atoms with van der Waals surface area (Å²) in [6, 6.07) is 23.0. The summed E-state index contributed by atoms with van der Waals surface area (Å²) in [6.07, 6.45) is 2.03. The highest BCUT2D eigenvalue weighted by Crippen LogP contribution is 2.44. The number of benzene rings is 3. The summed E-state index contributed by atoms with van der Waals surface area (Å²) in [7, 11) is 0. The number of para-hydroxylation sites is 1. The number of fused-ring (bicyclic) bond motifs is 1. The second-order valence-electron chi connectivity index (χ2n) is 6.91. The van der Waals surface area contributed by atoms with Crippen molar-refractivity contribution in [1.29, 1.82) is 0 Å². The van der Waals surface area contributed by atoms with Crippen LogP contribution >= 0.6 is 11.6 Å². The molecule has 0 heterocycles. The van der Waals surface area contributed by atoms with Gasteiger partial charge in [0.2, 0.25) is 0 Å². The molecular weight excluding hydrogens is 384 g/mol. The fourth-order valence-corrected chi connectivity index (χ4v) is 3.77. The zero-order valence-corrected chi connectivity index (χ0v) is 16.6. The standard InChI is InChI=1S/C25H19ClO3/c1-16-22(24-14-18(26)10-11-21(24)23(16)15-25(27)28)13-17-6-5-9-20(12-17)29-19-7-3-2-4-8-19/h2-14H,15H2,1H3,(H,27,28)/b22-13-. The molecule has 0 spiro atoms. The van der Waals surface area contributed by atoms with E-state index in [2.05, 4.69) is 6.08 Å². The Hall–Kier alpha value is -3.30. The van der Waals surface area contributed by atoms with Crippen LogP contribution in [0, 0.1) is 0 Å². The van der Waals surface area contributed by atoms with Crippen LogP contribution in [-0.4, -0.2) is 11.1 Å². The van der Waals surface area contributed by atoms with E-state index in [1.54, 1.807) is 6.07 Å². The Kier molecular flexibility index (Phi) is 5.24. The van der Waals surface area contributed by atoms with Gasteiger partial charge < -0.3 is 9.84 Å². The normalized spacial score (nSPS) is 14.2. The fraction of sp³-hybridized carbons (Fsp3) is 0.0800. The van der Waals surface area contributed by atoms with Gasteiger partial charge in [-0.25, -0.2) is 0 Å². The third-order valence-electron chi connectivity index (χ3n) is 4.93. The van der Waals surface area contributed by atoms with E-state index in [0.29, 0.717) is 5.02 Å². The number of carboxylic acid groups (broad SMARTS) is 1. The van der Waals surface area contributed by atoms with Crippen LogP contribution in [0.1, 0.15) is 30.0 Å². The van der Waals surface area contributed by atoms with Gasteiger partial charge in [0.15, 0.2) is 0 Å². The lowest BCUT2D eigenvalue weighted by Crippen LogP contribution is -1.96. The van der Waals surface area contributed by atoms with E-state index in [1.807, 2.05) is 73.7 Å². The van der Waals surface area contributed by atoms with Crippen molar-refractivity contribution < 1.29 is 14.6 Å². The molecule has 4 rings (SSSR count). The molecular formula is C25H19ClO3. The molecule has 0 unspecified atom stereocenters. The molecule has 1 aliphatic carbocycles. The molecule has 0 atom stereocenters. The summed E-state index contributed by atoms with van der Waals surface area (Å²) in [5.74, 6) is 0.664. The summed E-state index contributed by atoms with van der Waals surface area (Å²) in [5.41, 5.74) is 5.62. The van der Waals surface area contributed by atoms with Gasteiger partial charge in [-0.3, -0.25) is 4.79 Å². The minimum Gasteiger partial charge on any atom is -0.481 e. The highest BCUT2D eigenvalue weighted by molar-refractivity contribution is 6.31. The average molecular weight is 403 g/mol. The first-order valence-corrected chi connectivity index (χ1v) is 9.66. The lowest BCUT2D eigenvalue weighted by molar-refractivity contribution is -0.135. The minimum atomic E-state index is -0.847.